The smallest absolute Gasteiger partial charge is 0.144 e. The lowest BCUT2D eigenvalue weighted by molar-refractivity contribution is 0.624. The number of fused-ring (bicyclic) bond motifs is 1. The van der Waals surface area contributed by atoms with E-state index in [-0.39, 0.29) is 0 Å². The fraction of sp³-hybridized carbons (Fsp3) is 0.333. The Morgan fingerprint density at radius 2 is 2.10 bits per heavy atom. The Bertz CT molecular complexity index is 751. The normalized spacial score (nSPS) is 11.7. The summed E-state index contributed by atoms with van der Waals surface area (Å²) in [4.78, 5) is 4.78. The van der Waals surface area contributed by atoms with Gasteiger partial charge < -0.3 is 10.3 Å². The molecule has 3 rings (SSSR count). The maximum Gasteiger partial charge on any atom is 0.144 e. The summed E-state index contributed by atoms with van der Waals surface area (Å²) in [6.45, 7) is 4.86. The third kappa shape index (κ3) is 2.00. The molecule has 1 aromatic carbocycles. The van der Waals surface area contributed by atoms with Crippen LogP contribution < -0.4 is 5.73 Å². The molecule has 0 unspecified atom stereocenters. The van der Waals surface area contributed by atoms with Crippen LogP contribution in [0.3, 0.4) is 0 Å². The molecule has 5 nitrogen and oxygen atoms in total. The molecule has 104 valence electrons. The Balaban J connectivity index is 2.27. The molecule has 0 radical (unpaired) electrons. The van der Waals surface area contributed by atoms with E-state index < -0.39 is 0 Å². The summed E-state index contributed by atoms with van der Waals surface area (Å²) < 4.78 is 4.04. The molecule has 0 bridgehead atoms. The molecule has 3 aromatic rings. The van der Waals surface area contributed by atoms with Crippen molar-refractivity contribution in [2.75, 3.05) is 0 Å². The highest BCUT2D eigenvalue weighted by molar-refractivity contribution is 5.81. The van der Waals surface area contributed by atoms with E-state index in [1.807, 2.05) is 19.4 Å². The number of hydrogen-bond acceptors (Lipinski definition) is 3. The van der Waals surface area contributed by atoms with Gasteiger partial charge in [0, 0.05) is 25.8 Å². The van der Waals surface area contributed by atoms with Gasteiger partial charge in [0.2, 0.25) is 0 Å². The number of imidazole rings is 1. The van der Waals surface area contributed by atoms with E-state index in [1.54, 1.807) is 4.68 Å². The SMILES string of the molecule is CC(C)n1c(-c2cnn(C)c2)nc2cc(CN)ccc21. The number of aromatic nitrogens is 4. The molecule has 2 aromatic heterocycles. The lowest BCUT2D eigenvalue weighted by atomic mass is 10.2. The van der Waals surface area contributed by atoms with Crippen molar-refractivity contribution in [1.29, 1.82) is 0 Å². The van der Waals surface area contributed by atoms with Gasteiger partial charge in [0.1, 0.15) is 5.82 Å². The first-order valence-electron chi connectivity index (χ1n) is 6.80. The average molecular weight is 269 g/mol. The highest BCUT2D eigenvalue weighted by atomic mass is 15.2. The van der Waals surface area contributed by atoms with Gasteiger partial charge in [0.15, 0.2) is 0 Å². The van der Waals surface area contributed by atoms with Crippen molar-refractivity contribution in [2.45, 2.75) is 26.4 Å². The van der Waals surface area contributed by atoms with Crippen LogP contribution in [0, 0.1) is 0 Å². The third-order valence-corrected chi connectivity index (χ3v) is 3.47. The Kier molecular flexibility index (Phi) is 3.06. The van der Waals surface area contributed by atoms with Gasteiger partial charge in [0.25, 0.3) is 0 Å². The lowest BCUT2D eigenvalue weighted by Crippen LogP contribution is -2.03. The van der Waals surface area contributed by atoms with E-state index in [0.717, 1.165) is 28.0 Å². The zero-order valence-corrected chi connectivity index (χ0v) is 12.0. The second-order valence-corrected chi connectivity index (χ2v) is 5.33. The molecule has 0 saturated heterocycles. The maximum atomic E-state index is 5.71. The molecule has 5 heteroatoms. The first kappa shape index (κ1) is 12.9. The van der Waals surface area contributed by atoms with Gasteiger partial charge in [0.05, 0.1) is 22.8 Å². The van der Waals surface area contributed by atoms with E-state index in [9.17, 15) is 0 Å². The van der Waals surface area contributed by atoms with E-state index in [0.29, 0.717) is 12.6 Å². The summed E-state index contributed by atoms with van der Waals surface area (Å²) in [6.07, 6.45) is 3.84. The standard InChI is InChI=1S/C15H19N5/c1-10(2)20-14-5-4-11(7-16)6-13(14)18-15(20)12-8-17-19(3)9-12/h4-6,8-10H,7,16H2,1-3H3. The van der Waals surface area contributed by atoms with Crippen LogP contribution in [0.15, 0.2) is 30.6 Å². The van der Waals surface area contributed by atoms with Crippen molar-refractivity contribution in [3.8, 4) is 11.4 Å². The predicted octanol–water partition coefficient (Wildman–Crippen LogP) is 2.48. The number of nitrogens with zero attached hydrogens (tertiary/aromatic N) is 4. The largest absolute Gasteiger partial charge is 0.326 e. The highest BCUT2D eigenvalue weighted by Gasteiger charge is 2.16. The summed E-state index contributed by atoms with van der Waals surface area (Å²) in [7, 11) is 1.92. The van der Waals surface area contributed by atoms with Crippen LogP contribution in [0.4, 0.5) is 0 Å². The van der Waals surface area contributed by atoms with Crippen LogP contribution in [0.2, 0.25) is 0 Å². The summed E-state index contributed by atoms with van der Waals surface area (Å²) in [5, 5.41) is 4.24. The van der Waals surface area contributed by atoms with Gasteiger partial charge in [-0.3, -0.25) is 4.68 Å². The number of nitrogens with two attached hydrogens (primary N) is 1. The van der Waals surface area contributed by atoms with Crippen molar-refractivity contribution < 1.29 is 0 Å². The molecule has 0 spiro atoms. The van der Waals surface area contributed by atoms with Gasteiger partial charge in [-0.15, -0.1) is 0 Å². The molecule has 0 aliphatic carbocycles. The first-order valence-corrected chi connectivity index (χ1v) is 6.80. The Labute approximate surface area is 118 Å². The minimum Gasteiger partial charge on any atom is -0.326 e. The molecule has 0 amide bonds. The van der Waals surface area contributed by atoms with Gasteiger partial charge in [-0.05, 0) is 31.5 Å². The summed E-state index contributed by atoms with van der Waals surface area (Å²) >= 11 is 0. The van der Waals surface area contributed by atoms with Crippen LogP contribution in [-0.2, 0) is 13.6 Å². The molecule has 0 aliphatic heterocycles. The van der Waals surface area contributed by atoms with Gasteiger partial charge in [-0.1, -0.05) is 6.07 Å². The quantitative estimate of drug-likeness (QED) is 0.794. The van der Waals surface area contributed by atoms with Crippen LogP contribution >= 0.6 is 0 Å². The topological polar surface area (TPSA) is 61.7 Å². The lowest BCUT2D eigenvalue weighted by Gasteiger charge is -2.12. The minimum absolute atomic E-state index is 0.332. The second kappa shape index (κ2) is 4.76. The van der Waals surface area contributed by atoms with E-state index in [2.05, 4.69) is 41.7 Å². The molecular formula is C15H19N5. The number of hydrogen-bond donors (Lipinski definition) is 1. The summed E-state index contributed by atoms with van der Waals surface area (Å²) in [5.41, 5.74) is 9.97. The van der Waals surface area contributed by atoms with Crippen LogP contribution in [0.25, 0.3) is 22.4 Å². The van der Waals surface area contributed by atoms with E-state index in [1.165, 1.54) is 0 Å². The fourth-order valence-corrected chi connectivity index (χ4v) is 2.53. The first-order chi connectivity index (χ1) is 9.60. The Morgan fingerprint density at radius 3 is 2.70 bits per heavy atom. The molecule has 0 atom stereocenters. The monoisotopic (exact) mass is 269 g/mol. The van der Waals surface area contributed by atoms with E-state index in [4.69, 9.17) is 10.7 Å². The Hall–Kier alpha value is -2.14. The van der Waals surface area contributed by atoms with Gasteiger partial charge >= 0.3 is 0 Å². The summed E-state index contributed by atoms with van der Waals surface area (Å²) in [5.74, 6) is 0.956. The molecule has 0 fully saturated rings. The zero-order chi connectivity index (χ0) is 14.3. The number of rotatable bonds is 3. The van der Waals surface area contributed by atoms with Crippen molar-refractivity contribution in [2.24, 2.45) is 12.8 Å². The van der Waals surface area contributed by atoms with Crippen molar-refractivity contribution in [3.63, 3.8) is 0 Å². The summed E-state index contributed by atoms with van der Waals surface area (Å²) in [6, 6.07) is 6.56. The number of benzene rings is 1. The third-order valence-electron chi connectivity index (χ3n) is 3.47. The maximum absolute atomic E-state index is 5.71. The van der Waals surface area contributed by atoms with Gasteiger partial charge in [-0.2, -0.15) is 5.10 Å². The molecule has 2 heterocycles. The molecule has 2 N–H and O–H groups in total. The number of aryl methyl sites for hydroxylation is 1. The molecule has 0 aliphatic rings. The second-order valence-electron chi connectivity index (χ2n) is 5.33. The van der Waals surface area contributed by atoms with Crippen LogP contribution in [0.5, 0.6) is 0 Å². The van der Waals surface area contributed by atoms with Gasteiger partial charge in [-0.25, -0.2) is 4.98 Å². The average Bonchev–Trinajstić information content (AvgIpc) is 3.00. The molecule has 0 saturated carbocycles. The van der Waals surface area contributed by atoms with Crippen molar-refractivity contribution in [3.05, 3.63) is 36.2 Å². The fourth-order valence-electron chi connectivity index (χ4n) is 2.53. The minimum atomic E-state index is 0.332. The molecular weight excluding hydrogens is 250 g/mol. The van der Waals surface area contributed by atoms with Crippen molar-refractivity contribution in [1.82, 2.24) is 19.3 Å². The van der Waals surface area contributed by atoms with Crippen LogP contribution in [-0.4, -0.2) is 19.3 Å². The van der Waals surface area contributed by atoms with Crippen molar-refractivity contribution >= 4 is 11.0 Å². The highest BCUT2D eigenvalue weighted by Crippen LogP contribution is 2.28. The Morgan fingerprint density at radius 1 is 1.30 bits per heavy atom. The molecule has 20 heavy (non-hydrogen) atoms. The predicted molar refractivity (Wildman–Crippen MR) is 80.2 cm³/mol. The van der Waals surface area contributed by atoms with Crippen LogP contribution in [0.1, 0.15) is 25.5 Å². The van der Waals surface area contributed by atoms with E-state index >= 15 is 0 Å². The zero-order valence-electron chi connectivity index (χ0n) is 12.0.